The van der Waals surface area contributed by atoms with E-state index < -0.39 is 21.9 Å². The Balaban J connectivity index is 1.75. The van der Waals surface area contributed by atoms with Gasteiger partial charge in [-0.15, -0.1) is 0 Å². The SMILES string of the molecule is COc1ccc(C)cc1S(=O)(=O)NCCn1nc(C(F)(F)F)cc1C1CC1. The van der Waals surface area contributed by atoms with E-state index in [2.05, 4.69) is 9.82 Å². The molecule has 0 saturated heterocycles. The molecular formula is C17H20F3N3O3S. The third-order valence-electron chi connectivity index (χ3n) is 4.32. The molecule has 1 fully saturated rings. The fourth-order valence-electron chi connectivity index (χ4n) is 2.81. The second-order valence-corrected chi connectivity index (χ2v) is 8.24. The highest BCUT2D eigenvalue weighted by Crippen LogP contribution is 2.42. The maximum Gasteiger partial charge on any atom is 0.435 e. The van der Waals surface area contributed by atoms with Gasteiger partial charge in [-0.05, 0) is 43.5 Å². The third kappa shape index (κ3) is 4.44. The lowest BCUT2D eigenvalue weighted by Gasteiger charge is -2.12. The van der Waals surface area contributed by atoms with E-state index in [1.165, 1.54) is 17.9 Å². The molecule has 0 spiro atoms. The summed E-state index contributed by atoms with van der Waals surface area (Å²) in [5.74, 6) is 0.257. The predicted octanol–water partition coefficient (Wildman–Crippen LogP) is 3.07. The van der Waals surface area contributed by atoms with E-state index in [-0.39, 0.29) is 29.7 Å². The number of aryl methyl sites for hydroxylation is 1. The smallest absolute Gasteiger partial charge is 0.435 e. The zero-order valence-corrected chi connectivity index (χ0v) is 15.7. The largest absolute Gasteiger partial charge is 0.495 e. The third-order valence-corrected chi connectivity index (χ3v) is 5.80. The molecule has 1 saturated carbocycles. The Morgan fingerprint density at radius 3 is 2.59 bits per heavy atom. The van der Waals surface area contributed by atoms with Crippen molar-refractivity contribution in [2.24, 2.45) is 0 Å². The molecule has 0 radical (unpaired) electrons. The van der Waals surface area contributed by atoms with Gasteiger partial charge in [-0.1, -0.05) is 6.07 Å². The van der Waals surface area contributed by atoms with E-state index >= 15 is 0 Å². The summed E-state index contributed by atoms with van der Waals surface area (Å²) < 4.78 is 72.6. The highest BCUT2D eigenvalue weighted by atomic mass is 32.2. The minimum Gasteiger partial charge on any atom is -0.495 e. The first kappa shape index (κ1) is 19.7. The molecule has 1 N–H and O–H groups in total. The lowest BCUT2D eigenvalue weighted by Crippen LogP contribution is -2.28. The molecule has 0 unspecified atom stereocenters. The van der Waals surface area contributed by atoms with Crippen LogP contribution in [0.3, 0.4) is 0 Å². The average Bonchev–Trinajstić information content (AvgIpc) is 3.33. The molecule has 1 aromatic heterocycles. The molecule has 6 nitrogen and oxygen atoms in total. The fraction of sp³-hybridized carbons (Fsp3) is 0.471. The van der Waals surface area contributed by atoms with Crippen molar-refractivity contribution in [3.8, 4) is 5.75 Å². The van der Waals surface area contributed by atoms with Crippen LogP contribution in [0.5, 0.6) is 5.75 Å². The van der Waals surface area contributed by atoms with Crippen molar-refractivity contribution < 1.29 is 26.3 Å². The zero-order chi connectivity index (χ0) is 19.8. The molecule has 3 rings (SSSR count). The summed E-state index contributed by atoms with van der Waals surface area (Å²) in [6.45, 7) is 1.68. The maximum absolute atomic E-state index is 12.9. The number of aromatic nitrogens is 2. The number of nitrogens with one attached hydrogen (secondary N) is 1. The number of sulfonamides is 1. The van der Waals surface area contributed by atoms with Crippen molar-refractivity contribution in [3.63, 3.8) is 0 Å². The van der Waals surface area contributed by atoms with Crippen LogP contribution in [0.2, 0.25) is 0 Å². The van der Waals surface area contributed by atoms with Crippen LogP contribution in [0.15, 0.2) is 29.2 Å². The van der Waals surface area contributed by atoms with Gasteiger partial charge in [-0.25, -0.2) is 13.1 Å². The van der Waals surface area contributed by atoms with Crippen LogP contribution < -0.4 is 9.46 Å². The predicted molar refractivity (Wildman–Crippen MR) is 92.1 cm³/mol. The summed E-state index contributed by atoms with van der Waals surface area (Å²) >= 11 is 0. The summed E-state index contributed by atoms with van der Waals surface area (Å²) in [6.07, 6.45) is -2.90. The Morgan fingerprint density at radius 1 is 1.30 bits per heavy atom. The van der Waals surface area contributed by atoms with Crippen LogP contribution in [-0.4, -0.2) is 31.9 Å². The lowest BCUT2D eigenvalue weighted by atomic mass is 10.2. The molecule has 1 aromatic carbocycles. The van der Waals surface area contributed by atoms with Gasteiger partial charge < -0.3 is 4.74 Å². The Hall–Kier alpha value is -2.07. The number of methoxy groups -OCH3 is 1. The van der Waals surface area contributed by atoms with E-state index in [1.54, 1.807) is 19.1 Å². The zero-order valence-electron chi connectivity index (χ0n) is 14.9. The summed E-state index contributed by atoms with van der Waals surface area (Å²) in [7, 11) is -2.50. The summed E-state index contributed by atoms with van der Waals surface area (Å²) in [4.78, 5) is -0.0103. The van der Waals surface area contributed by atoms with Crippen molar-refractivity contribution in [2.75, 3.05) is 13.7 Å². The van der Waals surface area contributed by atoms with Gasteiger partial charge in [-0.3, -0.25) is 4.68 Å². The number of hydrogen-bond acceptors (Lipinski definition) is 4. The highest BCUT2D eigenvalue weighted by molar-refractivity contribution is 7.89. The molecule has 27 heavy (non-hydrogen) atoms. The van der Waals surface area contributed by atoms with E-state index in [4.69, 9.17) is 4.74 Å². The highest BCUT2D eigenvalue weighted by Gasteiger charge is 2.37. The van der Waals surface area contributed by atoms with Crippen molar-refractivity contribution in [3.05, 3.63) is 41.2 Å². The summed E-state index contributed by atoms with van der Waals surface area (Å²) in [5, 5.41) is 3.62. The van der Waals surface area contributed by atoms with E-state index in [0.717, 1.165) is 24.5 Å². The Morgan fingerprint density at radius 2 is 2.00 bits per heavy atom. The topological polar surface area (TPSA) is 73.2 Å². The number of benzene rings is 1. The van der Waals surface area contributed by atoms with Crippen molar-refractivity contribution in [1.82, 2.24) is 14.5 Å². The second kappa shape index (κ2) is 7.16. The molecule has 0 bridgehead atoms. The van der Waals surface area contributed by atoms with E-state index in [1.807, 2.05) is 0 Å². The average molecular weight is 403 g/mol. The molecule has 10 heteroatoms. The molecule has 2 aromatic rings. The number of nitrogens with zero attached hydrogens (tertiary/aromatic N) is 2. The van der Waals surface area contributed by atoms with Crippen LogP contribution in [-0.2, 0) is 22.7 Å². The minimum absolute atomic E-state index is 0.00920. The first-order valence-corrected chi connectivity index (χ1v) is 9.89. The molecule has 1 aliphatic carbocycles. The van der Waals surface area contributed by atoms with E-state index in [9.17, 15) is 21.6 Å². The number of ether oxygens (including phenoxy) is 1. The molecule has 0 aliphatic heterocycles. The van der Waals surface area contributed by atoms with Gasteiger partial charge in [0, 0.05) is 18.2 Å². The molecule has 148 valence electrons. The molecule has 0 amide bonds. The van der Waals surface area contributed by atoms with Crippen molar-refractivity contribution in [2.45, 2.75) is 43.3 Å². The van der Waals surface area contributed by atoms with E-state index in [0.29, 0.717) is 5.69 Å². The van der Waals surface area contributed by atoms with Crippen molar-refractivity contribution in [1.29, 1.82) is 0 Å². The number of alkyl halides is 3. The summed E-state index contributed by atoms with van der Waals surface area (Å²) in [5.41, 5.74) is 0.288. The molecule has 0 atom stereocenters. The van der Waals surface area contributed by atoms with Gasteiger partial charge in [0.05, 0.1) is 13.7 Å². The van der Waals surface area contributed by atoms with Crippen LogP contribution in [0.4, 0.5) is 13.2 Å². The maximum atomic E-state index is 12.9. The Kier molecular flexibility index (Phi) is 5.22. The van der Waals surface area contributed by atoms with Gasteiger partial charge in [0.25, 0.3) is 0 Å². The van der Waals surface area contributed by atoms with Crippen LogP contribution >= 0.6 is 0 Å². The summed E-state index contributed by atoms with van der Waals surface area (Å²) in [6, 6.07) is 5.81. The monoisotopic (exact) mass is 403 g/mol. The standard InChI is InChI=1S/C17H20F3N3O3S/c1-11-3-6-14(26-2)15(9-11)27(24,25)21-7-8-23-13(12-4-5-12)10-16(22-23)17(18,19)20/h3,6,9-10,12,21H,4-5,7-8H2,1-2H3. The Bertz CT molecular complexity index is 935. The second-order valence-electron chi connectivity index (χ2n) is 6.50. The van der Waals surface area contributed by atoms with Crippen LogP contribution in [0.1, 0.15) is 35.7 Å². The molecular weight excluding hydrogens is 383 g/mol. The first-order chi connectivity index (χ1) is 12.6. The van der Waals surface area contributed by atoms with Gasteiger partial charge in [0.15, 0.2) is 5.69 Å². The van der Waals surface area contributed by atoms with Gasteiger partial charge >= 0.3 is 6.18 Å². The molecule has 1 heterocycles. The Labute approximate surface area is 155 Å². The van der Waals surface area contributed by atoms with Crippen LogP contribution in [0, 0.1) is 6.92 Å². The minimum atomic E-state index is -4.52. The number of rotatable bonds is 7. The van der Waals surface area contributed by atoms with Gasteiger partial charge in [0.2, 0.25) is 10.0 Å². The number of hydrogen-bond donors (Lipinski definition) is 1. The van der Waals surface area contributed by atoms with Crippen molar-refractivity contribution >= 4 is 10.0 Å². The normalized spacial score (nSPS) is 15.1. The van der Waals surface area contributed by atoms with Gasteiger partial charge in [0.1, 0.15) is 10.6 Å². The molecule has 1 aliphatic rings. The fourth-order valence-corrected chi connectivity index (χ4v) is 4.09. The van der Waals surface area contributed by atoms with Crippen LogP contribution in [0.25, 0.3) is 0 Å². The quantitative estimate of drug-likeness (QED) is 0.771. The number of halogens is 3. The first-order valence-electron chi connectivity index (χ1n) is 8.41. The van der Waals surface area contributed by atoms with Gasteiger partial charge in [-0.2, -0.15) is 18.3 Å². The lowest BCUT2D eigenvalue weighted by molar-refractivity contribution is -0.141.